The number of amides is 1. The summed E-state index contributed by atoms with van der Waals surface area (Å²) in [5.74, 6) is 1.07. The van der Waals surface area contributed by atoms with Crippen molar-refractivity contribution in [2.24, 2.45) is 0 Å². The molecule has 2 aromatic rings. The average Bonchev–Trinajstić information content (AvgIpc) is 2.54. The summed E-state index contributed by atoms with van der Waals surface area (Å²) in [5.41, 5.74) is 2.77. The number of hydrogen-bond acceptors (Lipinski definition) is 3. The first-order chi connectivity index (χ1) is 11.4. The number of hydrogen-bond donors (Lipinski definition) is 1. The largest absolute Gasteiger partial charge is 0.495 e. The van der Waals surface area contributed by atoms with Crippen molar-refractivity contribution < 1.29 is 14.3 Å². The highest BCUT2D eigenvalue weighted by Gasteiger charge is 2.19. The normalized spacial score (nSPS) is 11.7. The minimum atomic E-state index is -0.577. The molecule has 0 bridgehead atoms. The third-order valence-corrected chi connectivity index (χ3v) is 3.98. The molecule has 0 saturated carbocycles. The molecule has 4 nitrogen and oxygen atoms in total. The van der Waals surface area contributed by atoms with Gasteiger partial charge in [-0.3, -0.25) is 4.79 Å². The van der Waals surface area contributed by atoms with Gasteiger partial charge in [-0.2, -0.15) is 0 Å². The van der Waals surface area contributed by atoms with Gasteiger partial charge in [0.25, 0.3) is 5.91 Å². The van der Waals surface area contributed by atoms with E-state index in [1.54, 1.807) is 25.3 Å². The molecule has 0 spiro atoms. The average molecular weight is 348 g/mol. The van der Waals surface area contributed by atoms with E-state index >= 15 is 0 Å². The van der Waals surface area contributed by atoms with Crippen molar-refractivity contribution >= 4 is 23.2 Å². The molecule has 0 aliphatic rings. The highest BCUT2D eigenvalue weighted by Crippen LogP contribution is 2.27. The summed E-state index contributed by atoms with van der Waals surface area (Å²) < 4.78 is 11.0. The van der Waals surface area contributed by atoms with Crippen LogP contribution in [-0.2, 0) is 4.79 Å². The molecule has 5 heteroatoms. The van der Waals surface area contributed by atoms with Crippen LogP contribution in [0.3, 0.4) is 0 Å². The van der Waals surface area contributed by atoms with E-state index in [1.807, 2.05) is 39.0 Å². The second-order valence-corrected chi connectivity index (χ2v) is 6.03. The SMILES string of the molecule is CC[C@@H](Oc1ccc(C)cc1C)C(=O)Nc1ccc(OC)c(Cl)c1. The van der Waals surface area contributed by atoms with Crippen LogP contribution in [0.15, 0.2) is 36.4 Å². The van der Waals surface area contributed by atoms with E-state index in [2.05, 4.69) is 5.32 Å². The second kappa shape index (κ2) is 8.06. The van der Waals surface area contributed by atoms with Gasteiger partial charge in [-0.05, 0) is 50.1 Å². The summed E-state index contributed by atoms with van der Waals surface area (Å²) in [4.78, 5) is 12.5. The van der Waals surface area contributed by atoms with Gasteiger partial charge < -0.3 is 14.8 Å². The minimum Gasteiger partial charge on any atom is -0.495 e. The summed E-state index contributed by atoms with van der Waals surface area (Å²) in [6, 6.07) is 11.0. The van der Waals surface area contributed by atoms with Crippen molar-refractivity contribution in [2.75, 3.05) is 12.4 Å². The van der Waals surface area contributed by atoms with Gasteiger partial charge in [0.1, 0.15) is 11.5 Å². The number of carbonyl (C=O) groups excluding carboxylic acids is 1. The Hall–Kier alpha value is -2.20. The third-order valence-electron chi connectivity index (χ3n) is 3.68. The smallest absolute Gasteiger partial charge is 0.265 e. The van der Waals surface area contributed by atoms with Gasteiger partial charge in [0.2, 0.25) is 0 Å². The van der Waals surface area contributed by atoms with Gasteiger partial charge in [0.05, 0.1) is 12.1 Å². The van der Waals surface area contributed by atoms with E-state index in [4.69, 9.17) is 21.1 Å². The lowest BCUT2D eigenvalue weighted by atomic mass is 10.1. The minimum absolute atomic E-state index is 0.210. The van der Waals surface area contributed by atoms with Crippen LogP contribution in [0.25, 0.3) is 0 Å². The molecule has 0 aromatic heterocycles. The maximum atomic E-state index is 12.5. The van der Waals surface area contributed by atoms with Gasteiger partial charge in [0, 0.05) is 5.69 Å². The second-order valence-electron chi connectivity index (χ2n) is 5.62. The quantitative estimate of drug-likeness (QED) is 0.819. The molecule has 2 rings (SSSR count). The standard InChI is InChI=1S/C19H22ClNO3/c1-5-16(24-17-8-6-12(2)10-13(17)3)19(22)21-14-7-9-18(23-4)15(20)11-14/h6-11,16H,5H2,1-4H3,(H,21,22)/t16-/m1/s1. The Balaban J connectivity index is 2.09. The van der Waals surface area contributed by atoms with Crippen molar-refractivity contribution in [3.63, 3.8) is 0 Å². The number of rotatable bonds is 6. The van der Waals surface area contributed by atoms with E-state index < -0.39 is 6.10 Å². The molecule has 1 atom stereocenters. The number of anilines is 1. The number of halogens is 1. The molecule has 0 radical (unpaired) electrons. The topological polar surface area (TPSA) is 47.6 Å². The first-order valence-corrected chi connectivity index (χ1v) is 8.20. The number of carbonyl (C=O) groups is 1. The first-order valence-electron chi connectivity index (χ1n) is 7.83. The van der Waals surface area contributed by atoms with E-state index in [9.17, 15) is 4.79 Å². The predicted molar refractivity (Wildman–Crippen MR) is 97.3 cm³/mol. The lowest BCUT2D eigenvalue weighted by Crippen LogP contribution is -2.32. The molecule has 0 heterocycles. The molecule has 0 unspecified atom stereocenters. The molecule has 24 heavy (non-hydrogen) atoms. The molecule has 0 saturated heterocycles. The van der Waals surface area contributed by atoms with Crippen molar-refractivity contribution in [3.8, 4) is 11.5 Å². The first kappa shape index (κ1) is 18.1. The molecule has 1 amide bonds. The summed E-state index contributed by atoms with van der Waals surface area (Å²) in [7, 11) is 1.55. The fraction of sp³-hybridized carbons (Fsp3) is 0.316. The zero-order valence-electron chi connectivity index (χ0n) is 14.4. The fourth-order valence-electron chi connectivity index (χ4n) is 2.37. The van der Waals surface area contributed by atoms with Crippen molar-refractivity contribution in [1.82, 2.24) is 0 Å². The van der Waals surface area contributed by atoms with Crippen LogP contribution in [0.4, 0.5) is 5.69 Å². The van der Waals surface area contributed by atoms with Crippen LogP contribution in [0, 0.1) is 13.8 Å². The fourth-order valence-corrected chi connectivity index (χ4v) is 2.63. The van der Waals surface area contributed by atoms with Gasteiger partial charge >= 0.3 is 0 Å². The maximum absolute atomic E-state index is 12.5. The monoisotopic (exact) mass is 347 g/mol. The van der Waals surface area contributed by atoms with Gasteiger partial charge in [0.15, 0.2) is 6.10 Å². The summed E-state index contributed by atoms with van der Waals surface area (Å²) in [5, 5.41) is 3.28. The van der Waals surface area contributed by atoms with Gasteiger partial charge in [-0.25, -0.2) is 0 Å². The Bertz CT molecular complexity index is 731. The molecule has 0 fully saturated rings. The Morgan fingerprint density at radius 1 is 1.17 bits per heavy atom. The van der Waals surface area contributed by atoms with Crippen molar-refractivity contribution in [1.29, 1.82) is 0 Å². The van der Waals surface area contributed by atoms with Crippen LogP contribution in [-0.4, -0.2) is 19.1 Å². The Morgan fingerprint density at radius 2 is 1.88 bits per heavy atom. The lowest BCUT2D eigenvalue weighted by Gasteiger charge is -2.19. The number of benzene rings is 2. The highest BCUT2D eigenvalue weighted by atomic mass is 35.5. The summed E-state index contributed by atoms with van der Waals surface area (Å²) in [6.45, 7) is 5.90. The Morgan fingerprint density at radius 3 is 2.46 bits per heavy atom. The lowest BCUT2D eigenvalue weighted by molar-refractivity contribution is -0.122. The third kappa shape index (κ3) is 4.42. The molecule has 0 aliphatic carbocycles. The van der Waals surface area contributed by atoms with Crippen LogP contribution in [0.2, 0.25) is 5.02 Å². The number of methoxy groups -OCH3 is 1. The molecule has 128 valence electrons. The van der Waals surface area contributed by atoms with Crippen molar-refractivity contribution in [2.45, 2.75) is 33.3 Å². The van der Waals surface area contributed by atoms with Crippen LogP contribution < -0.4 is 14.8 Å². The molecule has 1 N–H and O–H groups in total. The summed E-state index contributed by atoms with van der Waals surface area (Å²) >= 11 is 6.08. The zero-order valence-corrected chi connectivity index (χ0v) is 15.1. The highest BCUT2D eigenvalue weighted by molar-refractivity contribution is 6.32. The number of aryl methyl sites for hydroxylation is 2. The van der Waals surface area contributed by atoms with E-state index in [1.165, 1.54) is 0 Å². The molecule has 0 aliphatic heterocycles. The zero-order chi connectivity index (χ0) is 17.7. The molecular formula is C19H22ClNO3. The predicted octanol–water partition coefficient (Wildman–Crippen LogP) is 4.76. The molecule has 2 aromatic carbocycles. The van der Waals surface area contributed by atoms with E-state index in [0.717, 1.165) is 16.9 Å². The maximum Gasteiger partial charge on any atom is 0.265 e. The number of nitrogens with one attached hydrogen (secondary N) is 1. The van der Waals surface area contributed by atoms with Crippen LogP contribution in [0.1, 0.15) is 24.5 Å². The summed E-state index contributed by atoms with van der Waals surface area (Å²) in [6.07, 6.45) is -0.0180. The molecular weight excluding hydrogens is 326 g/mol. The van der Waals surface area contributed by atoms with Crippen LogP contribution >= 0.6 is 11.6 Å². The van der Waals surface area contributed by atoms with Gasteiger partial charge in [-0.15, -0.1) is 0 Å². The Kier molecular flexibility index (Phi) is 6.10. The van der Waals surface area contributed by atoms with Crippen LogP contribution in [0.5, 0.6) is 11.5 Å². The van der Waals surface area contributed by atoms with Gasteiger partial charge in [-0.1, -0.05) is 36.2 Å². The van der Waals surface area contributed by atoms with Crippen molar-refractivity contribution in [3.05, 3.63) is 52.5 Å². The van der Waals surface area contributed by atoms with E-state index in [0.29, 0.717) is 22.9 Å². The Labute approximate surface area is 147 Å². The van der Waals surface area contributed by atoms with E-state index in [-0.39, 0.29) is 5.91 Å². The number of ether oxygens (including phenoxy) is 2.